The molecule has 2 atom stereocenters. The van der Waals surface area contributed by atoms with E-state index in [1.165, 1.54) is 6.42 Å². The standard InChI is InChI=1S/C13H25NO2/c1-4-16-7-5-6-13(15)14-9-11(2)8-12(3)10-14/h11-12H,4-10H2,1-3H3. The molecule has 1 rings (SSSR count). The van der Waals surface area contributed by atoms with Gasteiger partial charge in [0.2, 0.25) is 5.91 Å². The Morgan fingerprint density at radius 2 is 1.94 bits per heavy atom. The van der Waals surface area contributed by atoms with Crippen molar-refractivity contribution in [2.45, 2.75) is 40.0 Å². The molecule has 0 N–H and O–H groups in total. The van der Waals surface area contributed by atoms with Gasteiger partial charge in [-0.3, -0.25) is 4.79 Å². The molecule has 0 aromatic rings. The molecule has 0 radical (unpaired) electrons. The molecule has 1 saturated heterocycles. The largest absolute Gasteiger partial charge is 0.382 e. The molecule has 0 bridgehead atoms. The van der Waals surface area contributed by atoms with E-state index in [1.54, 1.807) is 0 Å². The minimum atomic E-state index is 0.304. The van der Waals surface area contributed by atoms with Gasteiger partial charge in [-0.15, -0.1) is 0 Å². The van der Waals surface area contributed by atoms with Crippen LogP contribution in [0.3, 0.4) is 0 Å². The van der Waals surface area contributed by atoms with Crippen LogP contribution in [0.1, 0.15) is 40.0 Å². The van der Waals surface area contributed by atoms with Gasteiger partial charge in [-0.2, -0.15) is 0 Å². The monoisotopic (exact) mass is 227 g/mol. The van der Waals surface area contributed by atoms with E-state index in [1.807, 2.05) is 11.8 Å². The maximum absolute atomic E-state index is 11.9. The van der Waals surface area contributed by atoms with E-state index in [0.29, 0.717) is 30.8 Å². The van der Waals surface area contributed by atoms with Crippen molar-refractivity contribution in [2.24, 2.45) is 11.8 Å². The molecule has 3 heteroatoms. The summed E-state index contributed by atoms with van der Waals surface area (Å²) >= 11 is 0. The van der Waals surface area contributed by atoms with Gasteiger partial charge in [0.05, 0.1) is 0 Å². The first-order valence-corrected chi connectivity index (χ1v) is 6.49. The summed E-state index contributed by atoms with van der Waals surface area (Å²) in [6.07, 6.45) is 2.74. The first kappa shape index (κ1) is 13.5. The smallest absolute Gasteiger partial charge is 0.222 e. The predicted molar refractivity (Wildman–Crippen MR) is 65.3 cm³/mol. The van der Waals surface area contributed by atoms with Gasteiger partial charge in [-0.1, -0.05) is 13.8 Å². The fourth-order valence-corrected chi connectivity index (χ4v) is 2.49. The van der Waals surface area contributed by atoms with Crippen LogP contribution < -0.4 is 0 Å². The van der Waals surface area contributed by atoms with E-state index in [9.17, 15) is 4.79 Å². The number of hydrogen-bond acceptors (Lipinski definition) is 2. The summed E-state index contributed by atoms with van der Waals surface area (Å²) in [5.41, 5.74) is 0. The van der Waals surface area contributed by atoms with Crippen LogP contribution >= 0.6 is 0 Å². The number of hydrogen-bond donors (Lipinski definition) is 0. The molecular formula is C13H25NO2. The van der Waals surface area contributed by atoms with Gasteiger partial charge < -0.3 is 9.64 Å². The van der Waals surface area contributed by atoms with Crippen LogP contribution in [-0.4, -0.2) is 37.1 Å². The van der Waals surface area contributed by atoms with Crippen LogP contribution in [0.2, 0.25) is 0 Å². The minimum Gasteiger partial charge on any atom is -0.382 e. The molecule has 0 aliphatic carbocycles. The third-order valence-corrected chi connectivity index (χ3v) is 3.11. The predicted octanol–water partition coefficient (Wildman–Crippen LogP) is 2.31. The van der Waals surface area contributed by atoms with Gasteiger partial charge in [0.25, 0.3) is 0 Å². The zero-order valence-electron chi connectivity index (χ0n) is 10.9. The van der Waals surface area contributed by atoms with Crippen LogP contribution in [0.15, 0.2) is 0 Å². The number of carbonyl (C=O) groups excluding carboxylic acids is 1. The van der Waals surface area contributed by atoms with E-state index in [4.69, 9.17) is 4.74 Å². The van der Waals surface area contributed by atoms with Crippen LogP contribution in [0, 0.1) is 11.8 Å². The Bertz CT molecular complexity index is 208. The topological polar surface area (TPSA) is 29.5 Å². The van der Waals surface area contributed by atoms with Crippen molar-refractivity contribution < 1.29 is 9.53 Å². The highest BCUT2D eigenvalue weighted by molar-refractivity contribution is 5.76. The van der Waals surface area contributed by atoms with Crippen molar-refractivity contribution in [1.82, 2.24) is 4.90 Å². The van der Waals surface area contributed by atoms with Gasteiger partial charge >= 0.3 is 0 Å². The lowest BCUT2D eigenvalue weighted by atomic mass is 9.91. The zero-order chi connectivity index (χ0) is 12.0. The fraction of sp³-hybridized carbons (Fsp3) is 0.923. The Labute approximate surface area is 99.1 Å². The van der Waals surface area contributed by atoms with E-state index < -0.39 is 0 Å². The molecule has 0 aromatic heterocycles. The second kappa shape index (κ2) is 6.89. The molecule has 1 aliphatic rings. The van der Waals surface area contributed by atoms with Crippen LogP contribution in [0.4, 0.5) is 0 Å². The minimum absolute atomic E-state index is 0.304. The first-order valence-electron chi connectivity index (χ1n) is 6.49. The lowest BCUT2D eigenvalue weighted by Crippen LogP contribution is -2.42. The molecule has 1 fully saturated rings. The highest BCUT2D eigenvalue weighted by Gasteiger charge is 2.24. The molecule has 3 nitrogen and oxygen atoms in total. The summed E-state index contributed by atoms with van der Waals surface area (Å²) in [6.45, 7) is 9.78. The number of ether oxygens (including phenoxy) is 1. The van der Waals surface area contributed by atoms with Crippen molar-refractivity contribution in [1.29, 1.82) is 0 Å². The molecular weight excluding hydrogens is 202 g/mol. The lowest BCUT2D eigenvalue weighted by molar-refractivity contribution is -0.134. The maximum atomic E-state index is 11.9. The van der Waals surface area contributed by atoms with Gasteiger partial charge in [0.15, 0.2) is 0 Å². The molecule has 1 aliphatic heterocycles. The zero-order valence-corrected chi connectivity index (χ0v) is 10.9. The Hall–Kier alpha value is -0.570. The average Bonchev–Trinajstić information content (AvgIpc) is 2.22. The molecule has 1 amide bonds. The summed E-state index contributed by atoms with van der Waals surface area (Å²) in [4.78, 5) is 14.0. The summed E-state index contributed by atoms with van der Waals surface area (Å²) < 4.78 is 5.24. The average molecular weight is 227 g/mol. The number of amides is 1. The van der Waals surface area contributed by atoms with Crippen molar-refractivity contribution in [2.75, 3.05) is 26.3 Å². The second-order valence-corrected chi connectivity index (χ2v) is 5.05. The third-order valence-electron chi connectivity index (χ3n) is 3.11. The third kappa shape index (κ3) is 4.52. The quantitative estimate of drug-likeness (QED) is 0.675. The van der Waals surface area contributed by atoms with Crippen molar-refractivity contribution >= 4 is 5.91 Å². The molecule has 0 spiro atoms. The Morgan fingerprint density at radius 3 is 2.50 bits per heavy atom. The van der Waals surface area contributed by atoms with Crippen LogP contribution in [-0.2, 0) is 9.53 Å². The Kier molecular flexibility index (Phi) is 5.81. The van der Waals surface area contributed by atoms with Gasteiger partial charge in [0.1, 0.15) is 0 Å². The summed E-state index contributed by atoms with van der Waals surface area (Å²) in [5.74, 6) is 1.61. The summed E-state index contributed by atoms with van der Waals surface area (Å²) in [7, 11) is 0. The van der Waals surface area contributed by atoms with Gasteiger partial charge in [-0.25, -0.2) is 0 Å². The van der Waals surface area contributed by atoms with E-state index in [2.05, 4.69) is 13.8 Å². The number of rotatable bonds is 5. The van der Waals surface area contributed by atoms with E-state index in [0.717, 1.165) is 26.1 Å². The van der Waals surface area contributed by atoms with E-state index >= 15 is 0 Å². The fourth-order valence-electron chi connectivity index (χ4n) is 2.49. The van der Waals surface area contributed by atoms with Gasteiger partial charge in [0, 0.05) is 32.7 Å². The number of likely N-dealkylation sites (tertiary alicyclic amines) is 1. The number of carbonyl (C=O) groups is 1. The summed E-state index contributed by atoms with van der Waals surface area (Å²) in [6, 6.07) is 0. The highest BCUT2D eigenvalue weighted by Crippen LogP contribution is 2.21. The number of piperidine rings is 1. The van der Waals surface area contributed by atoms with Gasteiger partial charge in [-0.05, 0) is 31.6 Å². The van der Waals surface area contributed by atoms with Crippen LogP contribution in [0.5, 0.6) is 0 Å². The SMILES string of the molecule is CCOCCCC(=O)N1CC(C)CC(C)C1. The summed E-state index contributed by atoms with van der Waals surface area (Å²) in [5, 5.41) is 0. The van der Waals surface area contributed by atoms with Crippen molar-refractivity contribution in [3.05, 3.63) is 0 Å². The highest BCUT2D eigenvalue weighted by atomic mass is 16.5. The molecule has 2 unspecified atom stereocenters. The van der Waals surface area contributed by atoms with Crippen molar-refractivity contribution in [3.63, 3.8) is 0 Å². The lowest BCUT2D eigenvalue weighted by Gasteiger charge is -2.35. The van der Waals surface area contributed by atoms with E-state index in [-0.39, 0.29) is 0 Å². The molecule has 16 heavy (non-hydrogen) atoms. The Balaban J connectivity index is 2.24. The number of nitrogens with zero attached hydrogens (tertiary/aromatic N) is 1. The van der Waals surface area contributed by atoms with Crippen LogP contribution in [0.25, 0.3) is 0 Å². The normalized spacial score (nSPS) is 25.8. The maximum Gasteiger partial charge on any atom is 0.222 e. The molecule has 1 heterocycles. The molecule has 0 aromatic carbocycles. The Morgan fingerprint density at radius 1 is 1.31 bits per heavy atom. The molecule has 94 valence electrons. The molecule has 0 saturated carbocycles. The first-order chi connectivity index (χ1) is 7.63. The second-order valence-electron chi connectivity index (χ2n) is 5.05. The van der Waals surface area contributed by atoms with Crippen molar-refractivity contribution in [3.8, 4) is 0 Å².